The highest BCUT2D eigenvalue weighted by atomic mass is 35.5. The Balaban J connectivity index is 0.00000288. The molecule has 1 aliphatic heterocycles. The van der Waals surface area contributed by atoms with Crippen molar-refractivity contribution in [1.82, 2.24) is 10.2 Å². The molecule has 0 saturated carbocycles. The Morgan fingerprint density at radius 2 is 1.76 bits per heavy atom. The van der Waals surface area contributed by atoms with Gasteiger partial charge in [-0.2, -0.15) is 13.2 Å². The van der Waals surface area contributed by atoms with Crippen LogP contribution in [0.25, 0.3) is 0 Å². The van der Waals surface area contributed by atoms with Gasteiger partial charge in [-0.25, -0.2) is 0 Å². The summed E-state index contributed by atoms with van der Waals surface area (Å²) in [5.41, 5.74) is 0.0263. The second-order valence-electron chi connectivity index (χ2n) is 6.07. The summed E-state index contributed by atoms with van der Waals surface area (Å²) >= 11 is 5.97. The van der Waals surface area contributed by atoms with Gasteiger partial charge in [-0.1, -0.05) is 37.8 Å². The molecule has 0 amide bonds. The summed E-state index contributed by atoms with van der Waals surface area (Å²) < 4.78 is 39.2. The van der Waals surface area contributed by atoms with Crippen LogP contribution in [0.1, 0.15) is 49.8 Å². The Kier molecular flexibility index (Phi) is 11.4. The van der Waals surface area contributed by atoms with Gasteiger partial charge in [-0.15, -0.1) is 24.8 Å². The molecule has 0 unspecified atom stereocenters. The standard InChI is InChI=1S/C17H24ClF3N2.2ClH/c1-2-3-4-5-16(23-8-6-22-7-9-23)13-10-14(17(19,20)21)12-15(18)11-13;;/h10-12,16,22H,2-9H2,1H3;2*1H/t16-;;/m1../s1. The maximum atomic E-state index is 13.1. The number of benzene rings is 1. The summed E-state index contributed by atoms with van der Waals surface area (Å²) in [6.07, 6.45) is -0.297. The fourth-order valence-electron chi connectivity index (χ4n) is 3.11. The number of rotatable bonds is 6. The van der Waals surface area contributed by atoms with E-state index in [-0.39, 0.29) is 35.9 Å². The quantitative estimate of drug-likeness (QED) is 0.590. The Labute approximate surface area is 165 Å². The predicted molar refractivity (Wildman–Crippen MR) is 102 cm³/mol. The highest BCUT2D eigenvalue weighted by Crippen LogP contribution is 2.36. The molecule has 0 radical (unpaired) electrons. The molecule has 1 fully saturated rings. The molecule has 0 aromatic heterocycles. The molecular formula is C17H26Cl3F3N2. The normalized spacial score (nSPS) is 16.7. The van der Waals surface area contributed by atoms with Crippen molar-refractivity contribution < 1.29 is 13.2 Å². The van der Waals surface area contributed by atoms with Gasteiger partial charge in [-0.05, 0) is 30.2 Å². The Bertz CT molecular complexity index is 506. The zero-order chi connectivity index (χ0) is 16.9. The molecule has 0 bridgehead atoms. The van der Waals surface area contributed by atoms with E-state index in [1.54, 1.807) is 6.07 Å². The Morgan fingerprint density at radius 1 is 1.12 bits per heavy atom. The van der Waals surface area contributed by atoms with Gasteiger partial charge >= 0.3 is 6.18 Å². The molecular weight excluding hydrogens is 396 g/mol. The number of piperazine rings is 1. The number of nitrogens with zero attached hydrogens (tertiary/aromatic N) is 1. The zero-order valence-electron chi connectivity index (χ0n) is 14.2. The van der Waals surface area contributed by atoms with Crippen LogP contribution in [-0.4, -0.2) is 31.1 Å². The largest absolute Gasteiger partial charge is 0.416 e. The highest BCUT2D eigenvalue weighted by molar-refractivity contribution is 6.30. The lowest BCUT2D eigenvalue weighted by Gasteiger charge is -2.35. The Hall–Kier alpha value is -0.200. The van der Waals surface area contributed by atoms with Gasteiger partial charge in [0.05, 0.1) is 5.56 Å². The molecule has 1 saturated heterocycles. The zero-order valence-corrected chi connectivity index (χ0v) is 16.6. The van der Waals surface area contributed by atoms with E-state index in [0.29, 0.717) is 5.56 Å². The van der Waals surface area contributed by atoms with Crippen LogP contribution in [0.5, 0.6) is 0 Å². The van der Waals surface area contributed by atoms with Crippen molar-refractivity contribution in [3.8, 4) is 0 Å². The SMILES string of the molecule is CCCCC[C@H](c1cc(Cl)cc(C(F)(F)F)c1)N1CCNCC1.Cl.Cl. The maximum Gasteiger partial charge on any atom is 0.416 e. The number of nitrogens with one attached hydrogen (secondary N) is 1. The fraction of sp³-hybridized carbons (Fsp3) is 0.647. The van der Waals surface area contributed by atoms with Crippen molar-refractivity contribution in [2.75, 3.05) is 26.2 Å². The highest BCUT2D eigenvalue weighted by Gasteiger charge is 2.32. The average molecular weight is 422 g/mol. The monoisotopic (exact) mass is 420 g/mol. The van der Waals surface area contributed by atoms with E-state index < -0.39 is 11.7 Å². The molecule has 1 aromatic carbocycles. The van der Waals surface area contributed by atoms with Gasteiger partial charge in [0, 0.05) is 37.2 Å². The summed E-state index contributed by atoms with van der Waals surface area (Å²) in [7, 11) is 0. The van der Waals surface area contributed by atoms with Crippen LogP contribution in [0, 0.1) is 0 Å². The molecule has 25 heavy (non-hydrogen) atoms. The van der Waals surface area contributed by atoms with Gasteiger partial charge < -0.3 is 5.32 Å². The smallest absolute Gasteiger partial charge is 0.314 e. The topological polar surface area (TPSA) is 15.3 Å². The van der Waals surface area contributed by atoms with Crippen molar-refractivity contribution in [2.45, 2.75) is 44.8 Å². The average Bonchev–Trinajstić information content (AvgIpc) is 2.51. The van der Waals surface area contributed by atoms with Crippen molar-refractivity contribution >= 4 is 36.4 Å². The molecule has 2 nitrogen and oxygen atoms in total. The van der Waals surface area contributed by atoms with Gasteiger partial charge in [0.1, 0.15) is 0 Å². The number of alkyl halides is 3. The van der Waals surface area contributed by atoms with E-state index in [4.69, 9.17) is 11.6 Å². The van der Waals surface area contributed by atoms with Crippen molar-refractivity contribution in [2.24, 2.45) is 0 Å². The number of halogens is 6. The molecule has 1 N–H and O–H groups in total. The number of hydrogen-bond donors (Lipinski definition) is 1. The minimum Gasteiger partial charge on any atom is -0.314 e. The first-order valence-corrected chi connectivity index (χ1v) is 8.62. The third-order valence-corrected chi connectivity index (χ3v) is 4.52. The number of hydrogen-bond acceptors (Lipinski definition) is 2. The van der Waals surface area contributed by atoms with Crippen molar-refractivity contribution in [1.29, 1.82) is 0 Å². The van der Waals surface area contributed by atoms with Crippen LogP contribution in [0.2, 0.25) is 5.02 Å². The first-order valence-electron chi connectivity index (χ1n) is 8.24. The molecule has 0 aliphatic carbocycles. The third-order valence-electron chi connectivity index (χ3n) is 4.31. The third kappa shape index (κ3) is 7.51. The van der Waals surface area contributed by atoms with E-state index in [0.717, 1.165) is 57.9 Å². The van der Waals surface area contributed by atoms with Crippen molar-refractivity contribution in [3.05, 3.63) is 34.3 Å². The summed E-state index contributed by atoms with van der Waals surface area (Å²) in [6, 6.07) is 3.97. The molecule has 146 valence electrons. The first kappa shape index (κ1) is 24.8. The summed E-state index contributed by atoms with van der Waals surface area (Å²) in [5, 5.41) is 3.45. The van der Waals surface area contributed by atoms with Crippen LogP contribution < -0.4 is 5.32 Å². The number of unbranched alkanes of at least 4 members (excludes halogenated alkanes) is 2. The lowest BCUT2D eigenvalue weighted by Crippen LogP contribution is -2.45. The van der Waals surface area contributed by atoms with E-state index >= 15 is 0 Å². The first-order chi connectivity index (χ1) is 10.9. The van der Waals surface area contributed by atoms with Gasteiger partial charge in [0.25, 0.3) is 0 Å². The van der Waals surface area contributed by atoms with Gasteiger partial charge in [-0.3, -0.25) is 4.90 Å². The van der Waals surface area contributed by atoms with E-state index in [1.807, 2.05) is 0 Å². The lowest BCUT2D eigenvalue weighted by atomic mass is 9.96. The van der Waals surface area contributed by atoms with Crippen LogP contribution in [-0.2, 0) is 6.18 Å². The second kappa shape index (κ2) is 11.5. The Morgan fingerprint density at radius 3 is 2.32 bits per heavy atom. The van der Waals surface area contributed by atoms with Gasteiger partial charge in [0.15, 0.2) is 0 Å². The van der Waals surface area contributed by atoms with E-state index in [2.05, 4.69) is 17.1 Å². The maximum absolute atomic E-state index is 13.1. The minimum atomic E-state index is -4.36. The summed E-state index contributed by atoms with van der Waals surface area (Å²) in [4.78, 5) is 2.28. The minimum absolute atomic E-state index is 0. The molecule has 8 heteroatoms. The predicted octanol–water partition coefficient (Wildman–Crippen LogP) is 5.73. The second-order valence-corrected chi connectivity index (χ2v) is 6.50. The molecule has 1 heterocycles. The molecule has 1 atom stereocenters. The molecule has 2 rings (SSSR count). The van der Waals surface area contributed by atoms with Crippen LogP contribution >= 0.6 is 36.4 Å². The molecule has 1 aromatic rings. The van der Waals surface area contributed by atoms with Gasteiger partial charge in [0.2, 0.25) is 0 Å². The molecule has 0 spiro atoms. The van der Waals surface area contributed by atoms with Crippen LogP contribution in [0.4, 0.5) is 13.2 Å². The summed E-state index contributed by atoms with van der Waals surface area (Å²) in [5.74, 6) is 0. The van der Waals surface area contributed by atoms with E-state index in [1.165, 1.54) is 6.07 Å². The van der Waals surface area contributed by atoms with Crippen molar-refractivity contribution in [3.63, 3.8) is 0 Å². The molecule has 1 aliphatic rings. The lowest BCUT2D eigenvalue weighted by molar-refractivity contribution is -0.137. The van der Waals surface area contributed by atoms with E-state index in [9.17, 15) is 13.2 Å². The fourth-order valence-corrected chi connectivity index (χ4v) is 3.35. The van der Waals surface area contributed by atoms with Crippen LogP contribution in [0.15, 0.2) is 18.2 Å². The summed E-state index contributed by atoms with van der Waals surface area (Å²) in [6.45, 7) is 5.57. The van der Waals surface area contributed by atoms with Crippen LogP contribution in [0.3, 0.4) is 0 Å².